The van der Waals surface area contributed by atoms with Gasteiger partial charge < -0.3 is 24.8 Å². The van der Waals surface area contributed by atoms with Crippen LogP contribution in [0.4, 0.5) is 33.5 Å². The number of likely N-dealkylation sites (N-methyl/N-ethyl adjacent to an activating group) is 1. The summed E-state index contributed by atoms with van der Waals surface area (Å²) in [5.74, 6) is -3.21. The van der Waals surface area contributed by atoms with E-state index in [1.165, 1.54) is 23.1 Å². The highest BCUT2D eigenvalue weighted by Gasteiger charge is 2.35. The third-order valence-electron chi connectivity index (χ3n) is 7.95. The van der Waals surface area contributed by atoms with Gasteiger partial charge in [0.1, 0.15) is 11.9 Å². The first-order valence-corrected chi connectivity index (χ1v) is 14.2. The van der Waals surface area contributed by atoms with Gasteiger partial charge in [0.05, 0.1) is 11.1 Å². The maximum atomic E-state index is 15.4. The largest absolute Gasteiger partial charge is 0.435 e. The molecule has 2 N–H and O–H groups in total. The molecule has 0 bridgehead atoms. The molecule has 6 rings (SSSR count). The number of aryl methyl sites for hydroxylation is 1. The maximum absolute atomic E-state index is 15.4. The van der Waals surface area contributed by atoms with E-state index in [-0.39, 0.29) is 46.0 Å². The Morgan fingerprint density at radius 2 is 1.80 bits per heavy atom. The number of fused-ring (bicyclic) bond motifs is 1. The molecule has 2 aliphatic rings. The molecule has 232 valence electrons. The number of aromatic amines is 1. The summed E-state index contributed by atoms with van der Waals surface area (Å²) in [6, 6.07) is 6.13. The van der Waals surface area contributed by atoms with Gasteiger partial charge in [0, 0.05) is 68.6 Å². The van der Waals surface area contributed by atoms with Crippen molar-refractivity contribution < 1.29 is 31.5 Å². The monoisotopic (exact) mass is 615 g/mol. The van der Waals surface area contributed by atoms with Crippen LogP contribution in [-0.2, 0) is 12.7 Å². The lowest BCUT2D eigenvalue weighted by Gasteiger charge is -2.33. The Bertz CT molecular complexity index is 1710. The van der Waals surface area contributed by atoms with Crippen LogP contribution >= 0.6 is 0 Å². The summed E-state index contributed by atoms with van der Waals surface area (Å²) in [5.41, 5.74) is -0.370. The van der Waals surface area contributed by atoms with E-state index in [9.17, 15) is 22.4 Å². The molecular weight excluding hydrogens is 585 g/mol. The first-order valence-electron chi connectivity index (χ1n) is 14.2. The molecule has 0 spiro atoms. The van der Waals surface area contributed by atoms with Gasteiger partial charge in [-0.1, -0.05) is 6.07 Å². The van der Waals surface area contributed by atoms with Crippen molar-refractivity contribution in [3.05, 3.63) is 70.7 Å². The Hall–Kier alpha value is -4.30. The Labute approximate surface area is 249 Å². The van der Waals surface area contributed by atoms with Gasteiger partial charge in [-0.25, -0.2) is 18.7 Å². The second kappa shape index (κ2) is 11.7. The minimum atomic E-state index is -4.63. The molecule has 14 heteroatoms. The molecule has 2 saturated heterocycles. The first-order chi connectivity index (χ1) is 21.0. The third kappa shape index (κ3) is 5.91. The summed E-state index contributed by atoms with van der Waals surface area (Å²) >= 11 is 0. The molecule has 2 aromatic heterocycles. The predicted octanol–water partition coefficient (Wildman–Crippen LogP) is 5.69. The van der Waals surface area contributed by atoms with Gasteiger partial charge in [0.25, 0.3) is 5.91 Å². The predicted molar refractivity (Wildman–Crippen MR) is 153 cm³/mol. The van der Waals surface area contributed by atoms with Crippen molar-refractivity contribution in [2.24, 2.45) is 0 Å². The minimum Gasteiger partial charge on any atom is -0.435 e. The molecule has 2 fully saturated rings. The van der Waals surface area contributed by atoms with Gasteiger partial charge >= 0.3 is 6.18 Å². The SMILES string of the molecule is Cc1cc2c(F)c(Oc3ncnc(Nc4ccc(CN5CCN(C)CC5)c(C(F)(F)F)c4)c3C(=O)N3CCC3)cc(F)c2[nH]1. The third-order valence-corrected chi connectivity index (χ3v) is 7.95. The Balaban J connectivity index is 1.35. The lowest BCUT2D eigenvalue weighted by atomic mass is 10.0. The number of amides is 1. The molecule has 0 radical (unpaired) electrons. The van der Waals surface area contributed by atoms with E-state index in [1.54, 1.807) is 6.92 Å². The normalized spacial score (nSPS) is 16.3. The van der Waals surface area contributed by atoms with Crippen LogP contribution in [0.3, 0.4) is 0 Å². The molecule has 2 aromatic carbocycles. The van der Waals surface area contributed by atoms with Crippen LogP contribution in [-0.4, -0.2) is 81.9 Å². The molecule has 44 heavy (non-hydrogen) atoms. The lowest BCUT2D eigenvalue weighted by molar-refractivity contribution is -0.138. The summed E-state index contributed by atoms with van der Waals surface area (Å²) in [7, 11) is 1.97. The van der Waals surface area contributed by atoms with Crippen LogP contribution in [0.2, 0.25) is 0 Å². The molecular formula is C30H30F5N7O2. The van der Waals surface area contributed by atoms with E-state index in [1.807, 2.05) is 11.9 Å². The van der Waals surface area contributed by atoms with Gasteiger partial charge in [-0.2, -0.15) is 13.2 Å². The number of alkyl halides is 3. The minimum absolute atomic E-state index is 0.0307. The average Bonchev–Trinajstić information content (AvgIpc) is 3.34. The Morgan fingerprint density at radius 1 is 1.05 bits per heavy atom. The number of carbonyl (C=O) groups excluding carboxylic acids is 1. The van der Waals surface area contributed by atoms with Crippen LogP contribution in [0.1, 0.15) is 33.6 Å². The average molecular weight is 616 g/mol. The number of carbonyl (C=O) groups is 1. The highest BCUT2D eigenvalue weighted by molar-refractivity contribution is 6.02. The van der Waals surface area contributed by atoms with Crippen molar-refractivity contribution in [2.45, 2.75) is 26.1 Å². The van der Waals surface area contributed by atoms with Crippen molar-refractivity contribution in [1.82, 2.24) is 29.7 Å². The number of halogens is 5. The number of piperazine rings is 1. The smallest absolute Gasteiger partial charge is 0.416 e. The van der Waals surface area contributed by atoms with Gasteiger partial charge in [-0.3, -0.25) is 9.69 Å². The second-order valence-electron chi connectivity index (χ2n) is 11.1. The zero-order chi connectivity index (χ0) is 31.2. The fraction of sp³-hybridized carbons (Fsp3) is 0.367. The van der Waals surface area contributed by atoms with Gasteiger partial charge in [-0.05, 0) is 44.2 Å². The molecule has 4 heterocycles. The van der Waals surface area contributed by atoms with Gasteiger partial charge in [0.15, 0.2) is 23.2 Å². The van der Waals surface area contributed by atoms with Crippen molar-refractivity contribution in [3.8, 4) is 11.6 Å². The van der Waals surface area contributed by atoms with Gasteiger partial charge in [-0.15, -0.1) is 0 Å². The number of H-pyrrole nitrogens is 1. The van der Waals surface area contributed by atoms with Crippen molar-refractivity contribution in [3.63, 3.8) is 0 Å². The van der Waals surface area contributed by atoms with Crippen LogP contribution < -0.4 is 10.1 Å². The summed E-state index contributed by atoms with van der Waals surface area (Å²) in [5, 5.41) is 2.77. The lowest BCUT2D eigenvalue weighted by Crippen LogP contribution is -2.44. The standard InChI is InChI=1S/C30H30F5N7O2/c1-17-12-20-25(32)23(14-22(31)26(20)38-17)44-28-24(29(43)42-6-3-7-42)27(36-16-37-28)39-19-5-4-18(21(13-19)30(33,34)35)15-41-10-8-40(2)9-11-41/h4-5,12-14,16,38H,3,6-11,15H2,1-2H3,(H,36,37,39). The van der Waals surface area contributed by atoms with Gasteiger partial charge in [0.2, 0.25) is 5.88 Å². The number of rotatable bonds is 7. The number of hydrogen-bond donors (Lipinski definition) is 2. The number of likely N-dealkylation sites (tertiary alicyclic amines) is 1. The summed E-state index contributed by atoms with van der Waals surface area (Å²) < 4.78 is 78.5. The van der Waals surface area contributed by atoms with Crippen LogP contribution in [0.15, 0.2) is 36.7 Å². The quantitative estimate of drug-likeness (QED) is 0.258. The molecule has 2 aliphatic heterocycles. The zero-order valence-corrected chi connectivity index (χ0v) is 24.1. The molecule has 0 atom stereocenters. The molecule has 9 nitrogen and oxygen atoms in total. The molecule has 4 aromatic rings. The fourth-order valence-corrected chi connectivity index (χ4v) is 5.36. The topological polar surface area (TPSA) is 89.6 Å². The molecule has 1 amide bonds. The van der Waals surface area contributed by atoms with E-state index < -0.39 is 35.0 Å². The van der Waals surface area contributed by atoms with E-state index in [2.05, 4.69) is 25.2 Å². The molecule has 0 unspecified atom stereocenters. The van der Waals surface area contributed by atoms with E-state index in [0.29, 0.717) is 31.9 Å². The summed E-state index contributed by atoms with van der Waals surface area (Å²) in [6.07, 6.45) is -2.84. The summed E-state index contributed by atoms with van der Waals surface area (Å²) in [4.78, 5) is 30.0. The van der Waals surface area contributed by atoms with E-state index in [4.69, 9.17) is 4.74 Å². The number of nitrogens with zero attached hydrogens (tertiary/aromatic N) is 5. The summed E-state index contributed by atoms with van der Waals surface area (Å²) in [6.45, 7) is 5.49. The Morgan fingerprint density at radius 3 is 2.48 bits per heavy atom. The highest BCUT2D eigenvalue weighted by atomic mass is 19.4. The second-order valence-corrected chi connectivity index (χ2v) is 11.1. The fourth-order valence-electron chi connectivity index (χ4n) is 5.36. The maximum Gasteiger partial charge on any atom is 0.416 e. The number of nitrogens with one attached hydrogen (secondary N) is 2. The number of anilines is 2. The number of aromatic nitrogens is 3. The van der Waals surface area contributed by atoms with Crippen LogP contribution in [0.25, 0.3) is 10.9 Å². The van der Waals surface area contributed by atoms with Crippen LogP contribution in [0.5, 0.6) is 11.6 Å². The van der Waals surface area contributed by atoms with E-state index in [0.717, 1.165) is 38.0 Å². The number of benzene rings is 2. The first kappa shape index (κ1) is 29.8. The van der Waals surface area contributed by atoms with Crippen molar-refractivity contribution >= 4 is 28.3 Å². The van der Waals surface area contributed by atoms with Crippen molar-refractivity contribution in [2.75, 3.05) is 51.6 Å². The van der Waals surface area contributed by atoms with Crippen LogP contribution in [0, 0.1) is 18.6 Å². The molecule has 0 aliphatic carbocycles. The number of ether oxygens (including phenoxy) is 1. The zero-order valence-electron chi connectivity index (χ0n) is 24.1. The van der Waals surface area contributed by atoms with Crippen molar-refractivity contribution in [1.29, 1.82) is 0 Å². The number of hydrogen-bond acceptors (Lipinski definition) is 7. The molecule has 0 saturated carbocycles. The highest BCUT2D eigenvalue weighted by Crippen LogP contribution is 2.38. The van der Waals surface area contributed by atoms with E-state index >= 15 is 4.39 Å². The Kier molecular flexibility index (Phi) is 7.88.